The lowest BCUT2D eigenvalue weighted by molar-refractivity contribution is 0.281. The van der Waals surface area contributed by atoms with Crippen LogP contribution in [0, 0.1) is 6.92 Å². The third-order valence-electron chi connectivity index (χ3n) is 3.09. The van der Waals surface area contributed by atoms with E-state index in [0.717, 1.165) is 5.56 Å². The van der Waals surface area contributed by atoms with Crippen molar-refractivity contribution in [1.29, 1.82) is 0 Å². The third kappa shape index (κ3) is 1.91. The van der Waals surface area contributed by atoms with Crippen LogP contribution in [0.4, 0.5) is 0 Å². The van der Waals surface area contributed by atoms with Gasteiger partial charge in [0.1, 0.15) is 5.75 Å². The lowest BCUT2D eigenvalue weighted by Gasteiger charge is -2.15. The van der Waals surface area contributed by atoms with Crippen LogP contribution in [0.5, 0.6) is 5.75 Å². The average Bonchev–Trinajstić information content (AvgIpc) is 2.36. The van der Waals surface area contributed by atoms with Gasteiger partial charge in [-0.15, -0.1) is 6.58 Å². The van der Waals surface area contributed by atoms with Gasteiger partial charge in [0.15, 0.2) is 0 Å². The van der Waals surface area contributed by atoms with E-state index in [1.807, 2.05) is 6.92 Å². The number of pyridine rings is 1. The zero-order valence-electron chi connectivity index (χ0n) is 10.1. The number of H-pyrrole nitrogens is 1. The normalized spacial score (nSPS) is 12.6. The summed E-state index contributed by atoms with van der Waals surface area (Å²) in [5.41, 5.74) is 1.87. The van der Waals surface area contributed by atoms with Gasteiger partial charge in [0.05, 0.1) is 12.1 Å². The number of phenolic OH excluding ortho intramolecular Hbond substituents is 1. The van der Waals surface area contributed by atoms with E-state index < -0.39 is 0 Å². The van der Waals surface area contributed by atoms with E-state index in [1.54, 1.807) is 18.2 Å². The molecule has 3 N–H and O–H groups in total. The minimum absolute atomic E-state index is 0.0748. The SMILES string of the molecule is C=CC(CO)c1cc(C)c2[nH]c(=O)ccc2c1O. The van der Waals surface area contributed by atoms with E-state index in [9.17, 15) is 15.0 Å². The first-order chi connectivity index (χ1) is 8.58. The van der Waals surface area contributed by atoms with Crippen LogP contribution in [0.3, 0.4) is 0 Å². The Hall–Kier alpha value is -2.07. The second kappa shape index (κ2) is 4.66. The molecular weight excluding hydrogens is 230 g/mol. The molecule has 2 rings (SSSR count). The van der Waals surface area contributed by atoms with Gasteiger partial charge in [0.25, 0.3) is 0 Å². The average molecular weight is 245 g/mol. The molecule has 1 aromatic carbocycles. The molecule has 1 heterocycles. The number of aryl methyl sites for hydroxylation is 1. The maximum atomic E-state index is 11.3. The van der Waals surface area contributed by atoms with Gasteiger partial charge in [0, 0.05) is 22.9 Å². The number of phenols is 1. The predicted octanol–water partition coefficient (Wildman–Crippen LogP) is 1.80. The molecule has 0 fully saturated rings. The number of aliphatic hydroxyl groups excluding tert-OH is 1. The van der Waals surface area contributed by atoms with Gasteiger partial charge in [-0.3, -0.25) is 4.79 Å². The maximum Gasteiger partial charge on any atom is 0.248 e. The smallest absolute Gasteiger partial charge is 0.248 e. The van der Waals surface area contributed by atoms with E-state index in [0.29, 0.717) is 16.5 Å². The summed E-state index contributed by atoms with van der Waals surface area (Å²) in [5.74, 6) is -0.245. The summed E-state index contributed by atoms with van der Waals surface area (Å²) < 4.78 is 0. The van der Waals surface area contributed by atoms with Crippen molar-refractivity contribution < 1.29 is 10.2 Å². The first-order valence-corrected chi connectivity index (χ1v) is 5.67. The van der Waals surface area contributed by atoms with E-state index in [4.69, 9.17) is 0 Å². The van der Waals surface area contributed by atoms with Crippen LogP contribution in [0.2, 0.25) is 0 Å². The summed E-state index contributed by atoms with van der Waals surface area (Å²) in [6, 6.07) is 4.71. The number of benzene rings is 1. The lowest BCUT2D eigenvalue weighted by Crippen LogP contribution is -2.06. The molecule has 0 radical (unpaired) electrons. The van der Waals surface area contributed by atoms with E-state index in [2.05, 4.69) is 11.6 Å². The van der Waals surface area contributed by atoms with Crippen molar-refractivity contribution in [2.75, 3.05) is 6.61 Å². The fraction of sp³-hybridized carbons (Fsp3) is 0.214. The van der Waals surface area contributed by atoms with E-state index in [-0.39, 0.29) is 23.8 Å². The minimum Gasteiger partial charge on any atom is -0.507 e. The van der Waals surface area contributed by atoms with Crippen molar-refractivity contribution in [1.82, 2.24) is 4.98 Å². The predicted molar refractivity (Wildman–Crippen MR) is 71.0 cm³/mol. The highest BCUT2D eigenvalue weighted by molar-refractivity contribution is 5.89. The van der Waals surface area contributed by atoms with Gasteiger partial charge in [0.2, 0.25) is 5.56 Å². The Kier molecular flexibility index (Phi) is 3.21. The Labute approximate surface area is 104 Å². The molecule has 0 bridgehead atoms. The molecule has 4 nitrogen and oxygen atoms in total. The number of hydrogen-bond acceptors (Lipinski definition) is 3. The monoisotopic (exact) mass is 245 g/mol. The Morgan fingerprint density at radius 3 is 2.83 bits per heavy atom. The molecule has 18 heavy (non-hydrogen) atoms. The summed E-state index contributed by atoms with van der Waals surface area (Å²) in [6.07, 6.45) is 1.59. The molecule has 0 saturated carbocycles. The van der Waals surface area contributed by atoms with Crippen molar-refractivity contribution in [2.24, 2.45) is 0 Å². The number of rotatable bonds is 3. The molecule has 0 aliphatic heterocycles. The number of aliphatic hydroxyl groups is 1. The highest BCUT2D eigenvalue weighted by Crippen LogP contribution is 2.34. The summed E-state index contributed by atoms with van der Waals surface area (Å²) in [6.45, 7) is 5.37. The molecule has 1 atom stereocenters. The Morgan fingerprint density at radius 1 is 1.50 bits per heavy atom. The van der Waals surface area contributed by atoms with E-state index >= 15 is 0 Å². The number of aromatic amines is 1. The Balaban J connectivity index is 2.80. The molecule has 0 amide bonds. The van der Waals surface area contributed by atoms with Gasteiger partial charge in [-0.1, -0.05) is 6.08 Å². The summed E-state index contributed by atoms with van der Waals surface area (Å²) in [5, 5.41) is 20.1. The van der Waals surface area contributed by atoms with Crippen LogP contribution in [0.1, 0.15) is 17.0 Å². The number of nitrogens with one attached hydrogen (secondary N) is 1. The molecule has 1 aromatic heterocycles. The van der Waals surface area contributed by atoms with E-state index in [1.165, 1.54) is 6.07 Å². The Morgan fingerprint density at radius 2 is 2.22 bits per heavy atom. The van der Waals surface area contributed by atoms with Gasteiger partial charge in [-0.25, -0.2) is 0 Å². The molecular formula is C14H15NO3. The summed E-state index contributed by atoms with van der Waals surface area (Å²) >= 11 is 0. The number of hydrogen-bond donors (Lipinski definition) is 3. The van der Waals surface area contributed by atoms with Crippen molar-refractivity contribution in [2.45, 2.75) is 12.8 Å². The van der Waals surface area contributed by atoms with Gasteiger partial charge in [-0.2, -0.15) is 0 Å². The van der Waals surface area contributed by atoms with Gasteiger partial charge < -0.3 is 15.2 Å². The summed E-state index contributed by atoms with van der Waals surface area (Å²) in [7, 11) is 0. The van der Waals surface area contributed by atoms with Crippen molar-refractivity contribution >= 4 is 10.9 Å². The molecule has 0 aliphatic rings. The fourth-order valence-corrected chi connectivity index (χ4v) is 2.09. The van der Waals surface area contributed by atoms with Crippen LogP contribution in [-0.4, -0.2) is 21.8 Å². The molecule has 94 valence electrons. The van der Waals surface area contributed by atoms with Crippen molar-refractivity contribution in [3.05, 3.63) is 52.3 Å². The summed E-state index contributed by atoms with van der Waals surface area (Å²) in [4.78, 5) is 14.0. The lowest BCUT2D eigenvalue weighted by atomic mass is 9.94. The fourth-order valence-electron chi connectivity index (χ4n) is 2.09. The van der Waals surface area contributed by atoms with Gasteiger partial charge >= 0.3 is 0 Å². The molecule has 1 unspecified atom stereocenters. The first-order valence-electron chi connectivity index (χ1n) is 5.67. The molecule has 0 saturated heterocycles. The number of aromatic nitrogens is 1. The third-order valence-corrected chi connectivity index (χ3v) is 3.09. The topological polar surface area (TPSA) is 73.3 Å². The molecule has 4 heteroatoms. The van der Waals surface area contributed by atoms with Crippen LogP contribution < -0.4 is 5.56 Å². The van der Waals surface area contributed by atoms with Crippen molar-refractivity contribution in [3.8, 4) is 5.75 Å². The standard InChI is InChI=1S/C14H15NO3/c1-3-9(7-16)11-6-8(2)13-10(14(11)18)4-5-12(17)15-13/h3-6,9,16,18H,1,7H2,2H3,(H,15,17). The molecule has 2 aromatic rings. The zero-order chi connectivity index (χ0) is 13.3. The van der Waals surface area contributed by atoms with Gasteiger partial charge in [-0.05, 0) is 24.6 Å². The molecule has 0 aliphatic carbocycles. The zero-order valence-corrected chi connectivity index (χ0v) is 10.1. The number of aromatic hydroxyl groups is 1. The van der Waals surface area contributed by atoms with Crippen LogP contribution in [0.25, 0.3) is 10.9 Å². The quantitative estimate of drug-likeness (QED) is 0.722. The van der Waals surface area contributed by atoms with Crippen molar-refractivity contribution in [3.63, 3.8) is 0 Å². The maximum absolute atomic E-state index is 11.3. The minimum atomic E-state index is -0.319. The highest BCUT2D eigenvalue weighted by Gasteiger charge is 2.15. The van der Waals surface area contributed by atoms with Crippen LogP contribution in [-0.2, 0) is 0 Å². The first kappa shape index (κ1) is 12.4. The highest BCUT2D eigenvalue weighted by atomic mass is 16.3. The second-order valence-corrected chi connectivity index (χ2v) is 4.27. The van der Waals surface area contributed by atoms with Crippen LogP contribution >= 0.6 is 0 Å². The van der Waals surface area contributed by atoms with Crippen LogP contribution in [0.15, 0.2) is 35.6 Å². The second-order valence-electron chi connectivity index (χ2n) is 4.27. The Bertz CT molecular complexity index is 658. The number of fused-ring (bicyclic) bond motifs is 1. The largest absolute Gasteiger partial charge is 0.507 e. The molecule has 0 spiro atoms.